The lowest BCUT2D eigenvalue weighted by Gasteiger charge is -2.35. The van der Waals surface area contributed by atoms with Gasteiger partial charge in [0.25, 0.3) is 0 Å². The van der Waals surface area contributed by atoms with Gasteiger partial charge in [0.05, 0.1) is 17.9 Å². The van der Waals surface area contributed by atoms with Crippen molar-refractivity contribution >= 4 is 22.4 Å². The Labute approximate surface area is 117 Å². The zero-order valence-corrected chi connectivity index (χ0v) is 12.5. The van der Waals surface area contributed by atoms with Gasteiger partial charge in [-0.25, -0.2) is 4.98 Å². The highest BCUT2D eigenvalue weighted by atomic mass is 32.1. The first-order valence-electron chi connectivity index (χ1n) is 6.40. The third kappa shape index (κ3) is 2.90. The van der Waals surface area contributed by atoms with Gasteiger partial charge in [-0.15, -0.1) is 11.3 Å². The summed E-state index contributed by atoms with van der Waals surface area (Å²) in [6, 6.07) is 0. The van der Waals surface area contributed by atoms with Crippen LogP contribution in [0, 0.1) is 0 Å². The van der Waals surface area contributed by atoms with Crippen LogP contribution in [0.4, 0.5) is 5.13 Å². The first-order chi connectivity index (χ1) is 8.80. The molecule has 1 N–H and O–H groups in total. The van der Waals surface area contributed by atoms with Gasteiger partial charge in [-0.05, 0) is 27.7 Å². The highest BCUT2D eigenvalue weighted by Gasteiger charge is 2.33. The van der Waals surface area contributed by atoms with Crippen molar-refractivity contribution in [2.45, 2.75) is 45.3 Å². The minimum Gasteiger partial charge on any atom is -0.481 e. The lowest BCUT2D eigenvalue weighted by Crippen LogP contribution is -2.45. The second-order valence-corrected chi connectivity index (χ2v) is 6.44. The van der Waals surface area contributed by atoms with E-state index in [9.17, 15) is 9.90 Å². The van der Waals surface area contributed by atoms with Gasteiger partial charge < -0.3 is 14.7 Å². The third-order valence-electron chi connectivity index (χ3n) is 3.36. The number of nitrogens with zero attached hydrogens (tertiary/aromatic N) is 2. The van der Waals surface area contributed by atoms with Gasteiger partial charge in [-0.2, -0.15) is 0 Å². The molecule has 2 rings (SSSR count). The van der Waals surface area contributed by atoms with E-state index in [2.05, 4.69) is 9.88 Å². The topological polar surface area (TPSA) is 62.7 Å². The lowest BCUT2D eigenvalue weighted by molar-refractivity contribution is -0.142. The second kappa shape index (κ2) is 5.09. The van der Waals surface area contributed by atoms with E-state index in [1.165, 1.54) is 11.3 Å². The van der Waals surface area contributed by atoms with Crippen LogP contribution in [0.1, 0.15) is 33.4 Å². The first-order valence-corrected chi connectivity index (χ1v) is 7.28. The molecular weight excluding hydrogens is 264 g/mol. The summed E-state index contributed by atoms with van der Waals surface area (Å²) in [5, 5.41) is 12.0. The maximum Gasteiger partial charge on any atom is 0.315 e. The maximum absolute atomic E-state index is 11.2. The molecule has 0 amide bonds. The van der Waals surface area contributed by atoms with Crippen LogP contribution in [0.15, 0.2) is 5.38 Å². The van der Waals surface area contributed by atoms with Gasteiger partial charge in [-0.3, -0.25) is 4.79 Å². The number of rotatable bonds is 3. The Morgan fingerprint density at radius 1 is 1.47 bits per heavy atom. The highest BCUT2D eigenvalue weighted by Crippen LogP contribution is 2.30. The van der Waals surface area contributed by atoms with Gasteiger partial charge >= 0.3 is 5.97 Å². The van der Waals surface area contributed by atoms with Crippen molar-refractivity contribution in [1.82, 2.24) is 4.98 Å². The summed E-state index contributed by atoms with van der Waals surface area (Å²) in [4.78, 5) is 17.9. The number of aromatic nitrogens is 1. The van der Waals surface area contributed by atoms with Crippen molar-refractivity contribution in [1.29, 1.82) is 0 Å². The van der Waals surface area contributed by atoms with E-state index < -0.39 is 11.4 Å². The minimum absolute atomic E-state index is 0.170. The number of ether oxygens (including phenoxy) is 1. The predicted octanol–water partition coefficient (Wildman–Crippen LogP) is 2.12. The van der Waals surface area contributed by atoms with Crippen LogP contribution in [0.2, 0.25) is 0 Å². The monoisotopic (exact) mass is 284 g/mol. The fraction of sp³-hybridized carbons (Fsp3) is 0.692. The van der Waals surface area contributed by atoms with Gasteiger partial charge in [0.2, 0.25) is 0 Å². The van der Waals surface area contributed by atoms with Crippen LogP contribution in [0.5, 0.6) is 0 Å². The van der Waals surface area contributed by atoms with Gasteiger partial charge in [-0.1, -0.05) is 0 Å². The van der Waals surface area contributed by atoms with E-state index in [1.54, 1.807) is 13.8 Å². The normalized spacial score (nSPS) is 24.5. The summed E-state index contributed by atoms with van der Waals surface area (Å²) >= 11 is 1.50. The number of hydrogen-bond acceptors (Lipinski definition) is 5. The average molecular weight is 284 g/mol. The molecule has 2 heterocycles. The molecule has 0 bridgehead atoms. The van der Waals surface area contributed by atoms with Crippen molar-refractivity contribution in [3.05, 3.63) is 11.1 Å². The van der Waals surface area contributed by atoms with Gasteiger partial charge in [0.1, 0.15) is 5.41 Å². The molecule has 0 saturated carbocycles. The van der Waals surface area contributed by atoms with Crippen molar-refractivity contribution in [2.75, 3.05) is 18.0 Å². The molecule has 106 valence electrons. The molecule has 2 atom stereocenters. The number of hydrogen-bond donors (Lipinski definition) is 1. The standard InChI is InChI=1S/C13H20N2O3S/c1-8-5-15(6-9(2)18-8)12-14-10(7-19-12)13(3,4)11(16)17/h7-9H,5-6H2,1-4H3,(H,16,17)/t8-,9+. The minimum atomic E-state index is -0.946. The van der Waals surface area contributed by atoms with Crippen LogP contribution in [0.25, 0.3) is 0 Å². The summed E-state index contributed by atoms with van der Waals surface area (Å²) in [6.45, 7) is 9.03. The Kier molecular flexibility index (Phi) is 3.82. The SMILES string of the molecule is C[C@@H]1CN(c2nc(C(C)(C)C(=O)O)cs2)C[C@H](C)O1. The zero-order valence-electron chi connectivity index (χ0n) is 11.7. The van der Waals surface area contributed by atoms with Crippen LogP contribution >= 0.6 is 11.3 Å². The summed E-state index contributed by atoms with van der Waals surface area (Å²) in [5.74, 6) is -0.854. The molecule has 1 aliphatic heterocycles. The Bertz CT molecular complexity index is 462. The fourth-order valence-electron chi connectivity index (χ4n) is 2.14. The highest BCUT2D eigenvalue weighted by molar-refractivity contribution is 7.13. The number of carboxylic acids is 1. The summed E-state index contributed by atoms with van der Waals surface area (Å²) < 4.78 is 5.69. The lowest BCUT2D eigenvalue weighted by atomic mass is 9.90. The van der Waals surface area contributed by atoms with Crippen molar-refractivity contribution in [2.24, 2.45) is 0 Å². The largest absolute Gasteiger partial charge is 0.481 e. The van der Waals surface area contributed by atoms with E-state index >= 15 is 0 Å². The summed E-state index contributed by atoms with van der Waals surface area (Å²) in [5.41, 5.74) is -0.329. The van der Waals surface area contributed by atoms with Gasteiger partial charge in [0, 0.05) is 18.5 Å². The Morgan fingerprint density at radius 3 is 2.58 bits per heavy atom. The summed E-state index contributed by atoms with van der Waals surface area (Å²) in [7, 11) is 0. The quantitative estimate of drug-likeness (QED) is 0.921. The molecule has 1 fully saturated rings. The number of thiazole rings is 1. The molecule has 19 heavy (non-hydrogen) atoms. The molecule has 0 spiro atoms. The zero-order chi connectivity index (χ0) is 14.2. The molecule has 1 saturated heterocycles. The number of carbonyl (C=O) groups is 1. The third-order valence-corrected chi connectivity index (χ3v) is 4.26. The maximum atomic E-state index is 11.2. The molecule has 1 aromatic heterocycles. The number of aliphatic carboxylic acids is 1. The predicted molar refractivity (Wildman–Crippen MR) is 75.0 cm³/mol. The Balaban J connectivity index is 2.19. The van der Waals surface area contributed by atoms with Crippen molar-refractivity contribution in [3.63, 3.8) is 0 Å². The molecular formula is C13H20N2O3S. The molecule has 1 aromatic rings. The van der Waals surface area contributed by atoms with Crippen molar-refractivity contribution < 1.29 is 14.6 Å². The molecule has 0 unspecified atom stereocenters. The van der Waals surface area contributed by atoms with E-state index in [4.69, 9.17) is 4.74 Å². The number of morpholine rings is 1. The van der Waals surface area contributed by atoms with E-state index in [0.29, 0.717) is 5.69 Å². The smallest absolute Gasteiger partial charge is 0.315 e. The van der Waals surface area contributed by atoms with Crippen LogP contribution < -0.4 is 4.90 Å². The molecule has 5 nitrogen and oxygen atoms in total. The molecule has 0 aromatic carbocycles. The number of carboxylic acid groups (broad SMARTS) is 1. The molecule has 1 aliphatic rings. The average Bonchev–Trinajstić information content (AvgIpc) is 2.76. The molecule has 0 radical (unpaired) electrons. The molecule has 6 heteroatoms. The molecule has 0 aliphatic carbocycles. The van der Waals surface area contributed by atoms with E-state index in [-0.39, 0.29) is 12.2 Å². The summed E-state index contributed by atoms with van der Waals surface area (Å²) in [6.07, 6.45) is 0.340. The van der Waals surface area contributed by atoms with E-state index in [0.717, 1.165) is 18.2 Å². The Morgan fingerprint density at radius 2 is 2.05 bits per heavy atom. The number of anilines is 1. The van der Waals surface area contributed by atoms with Crippen LogP contribution in [0.3, 0.4) is 0 Å². The first kappa shape index (κ1) is 14.3. The van der Waals surface area contributed by atoms with Gasteiger partial charge in [0.15, 0.2) is 5.13 Å². The van der Waals surface area contributed by atoms with Crippen LogP contribution in [-0.2, 0) is 14.9 Å². The second-order valence-electron chi connectivity index (χ2n) is 5.61. The Hall–Kier alpha value is -1.14. The van der Waals surface area contributed by atoms with E-state index in [1.807, 2.05) is 19.2 Å². The van der Waals surface area contributed by atoms with Crippen LogP contribution in [-0.4, -0.2) is 41.4 Å². The fourth-order valence-corrected chi connectivity index (χ4v) is 3.15. The van der Waals surface area contributed by atoms with Crippen molar-refractivity contribution in [3.8, 4) is 0 Å².